The zero-order valence-electron chi connectivity index (χ0n) is 37.3. The first kappa shape index (κ1) is 51.1. The molecule has 8 N–H and O–H groups in total. The van der Waals surface area contributed by atoms with Gasteiger partial charge in [-0.2, -0.15) is 4.99 Å². The standard InChI is InChI=1S/C22H27Cl2N5O3.C15H24N4O2.C7H3Cl2NO/c1-21(2,3)15-11-12(18(30)29-10-9-25-19(31)22(29,4)5)17(27-15)28-20(32)26-14-8-6-7-13(23)16(14)24;1-14(2,3)10-8-9(11(16)18-10)12(20)19-7-6-17-13(21)15(19,4)5;8-5-2-1-3-6(7(5)9)10-4-11/h6-8,11,27H,9-10H2,1-5H3,(H,25,31)(H2,26,28,32);8,18H,6-7,16H2,1-5H3,(H,17,21);1-3H. The average Bonchev–Trinajstić information content (AvgIpc) is 3.82. The molecule has 0 unspecified atom stereocenters. The van der Waals surface area contributed by atoms with Crippen LogP contribution in [0.4, 0.5) is 27.8 Å². The van der Waals surface area contributed by atoms with Gasteiger partial charge in [0.2, 0.25) is 17.9 Å². The quantitative estimate of drug-likeness (QED) is 0.0759. The Labute approximate surface area is 392 Å². The normalized spacial score (nSPS) is 15.5. The van der Waals surface area contributed by atoms with Crippen molar-refractivity contribution < 1.29 is 28.8 Å². The maximum absolute atomic E-state index is 13.5. The van der Waals surface area contributed by atoms with Gasteiger partial charge in [0.25, 0.3) is 11.8 Å². The van der Waals surface area contributed by atoms with E-state index in [1.165, 1.54) is 11.0 Å². The van der Waals surface area contributed by atoms with E-state index in [-0.39, 0.29) is 55.9 Å². The van der Waals surface area contributed by atoms with Crippen LogP contribution in [0.15, 0.2) is 53.5 Å². The minimum atomic E-state index is -1.03. The molecule has 0 radical (unpaired) electrons. The third-order valence-corrected chi connectivity index (χ3v) is 12.1. The summed E-state index contributed by atoms with van der Waals surface area (Å²) in [6, 6.07) is 12.7. The molecule has 2 aromatic carbocycles. The van der Waals surface area contributed by atoms with E-state index >= 15 is 0 Å². The number of nitrogens with zero attached hydrogens (tertiary/aromatic N) is 3. The van der Waals surface area contributed by atoms with Crippen molar-refractivity contribution in [3.8, 4) is 0 Å². The number of isocyanates is 1. The van der Waals surface area contributed by atoms with E-state index in [1.807, 2.05) is 41.5 Å². The third-order valence-electron chi connectivity index (χ3n) is 10.5. The molecule has 6 amide bonds. The second-order valence-corrected chi connectivity index (χ2v) is 19.6. The number of carbonyl (C=O) groups is 5. The molecule has 0 aliphatic carbocycles. The van der Waals surface area contributed by atoms with Crippen LogP contribution in [0.25, 0.3) is 0 Å². The summed E-state index contributed by atoms with van der Waals surface area (Å²) in [5, 5.41) is 12.1. The second kappa shape index (κ2) is 20.1. The molecule has 344 valence electrons. The predicted molar refractivity (Wildman–Crippen MR) is 253 cm³/mol. The second-order valence-electron chi connectivity index (χ2n) is 18.0. The lowest BCUT2D eigenvalue weighted by molar-refractivity contribution is -0.133. The van der Waals surface area contributed by atoms with Crippen LogP contribution < -0.4 is 27.0 Å². The number of aromatic nitrogens is 2. The Morgan fingerprint density at radius 3 is 1.69 bits per heavy atom. The van der Waals surface area contributed by atoms with Gasteiger partial charge in [-0.1, -0.05) is 100 Å². The number of benzene rings is 2. The molecule has 2 saturated heterocycles. The number of halogens is 4. The van der Waals surface area contributed by atoms with E-state index in [2.05, 4.69) is 36.2 Å². The largest absolute Gasteiger partial charge is 0.385 e. The maximum atomic E-state index is 13.5. The summed E-state index contributed by atoms with van der Waals surface area (Å²) >= 11 is 23.5. The zero-order valence-corrected chi connectivity index (χ0v) is 40.4. The van der Waals surface area contributed by atoms with E-state index < -0.39 is 17.1 Å². The summed E-state index contributed by atoms with van der Waals surface area (Å²) in [5.74, 6) is -0.352. The van der Waals surface area contributed by atoms with Crippen molar-refractivity contribution in [3.05, 3.63) is 91.1 Å². The van der Waals surface area contributed by atoms with Gasteiger partial charge in [0, 0.05) is 48.4 Å². The monoisotopic (exact) mass is 958 g/mol. The van der Waals surface area contributed by atoms with E-state index in [4.69, 9.17) is 52.1 Å². The highest BCUT2D eigenvalue weighted by molar-refractivity contribution is 6.44. The number of nitrogen functional groups attached to an aromatic ring is 1. The van der Waals surface area contributed by atoms with Gasteiger partial charge in [-0.25, -0.2) is 9.59 Å². The Morgan fingerprint density at radius 2 is 1.19 bits per heavy atom. The number of nitrogens with two attached hydrogens (primary N) is 1. The van der Waals surface area contributed by atoms with Gasteiger partial charge in [-0.3, -0.25) is 24.5 Å². The summed E-state index contributed by atoms with van der Waals surface area (Å²) in [5.41, 5.74) is 6.68. The molecular formula is C44H54Cl4N10O6. The average molecular weight is 961 g/mol. The minimum Gasteiger partial charge on any atom is -0.385 e. The Hall–Kier alpha value is -5.51. The first-order valence-electron chi connectivity index (χ1n) is 20.1. The molecule has 0 bridgehead atoms. The van der Waals surface area contributed by atoms with Crippen molar-refractivity contribution in [2.45, 2.75) is 91.1 Å². The number of nitrogens with one attached hydrogen (secondary N) is 6. The molecular weight excluding hydrogens is 906 g/mol. The lowest BCUT2D eigenvalue weighted by Gasteiger charge is -2.41. The molecule has 0 saturated carbocycles. The molecule has 2 aliphatic rings. The van der Waals surface area contributed by atoms with Crippen LogP contribution >= 0.6 is 46.4 Å². The van der Waals surface area contributed by atoms with Crippen molar-refractivity contribution in [2.75, 3.05) is 42.5 Å². The third kappa shape index (κ3) is 11.8. The van der Waals surface area contributed by atoms with Gasteiger partial charge < -0.3 is 41.5 Å². The van der Waals surface area contributed by atoms with Gasteiger partial charge >= 0.3 is 6.03 Å². The number of piperazine rings is 2. The topological polar surface area (TPSA) is 227 Å². The van der Waals surface area contributed by atoms with Gasteiger partial charge in [0.05, 0.1) is 42.6 Å². The maximum Gasteiger partial charge on any atom is 0.324 e. The Bertz CT molecular complexity index is 2480. The number of hydrogen-bond donors (Lipinski definition) is 7. The number of H-pyrrole nitrogens is 2. The van der Waals surface area contributed by atoms with E-state index in [1.54, 1.807) is 81.1 Å². The number of aromatic amines is 2. The van der Waals surface area contributed by atoms with Crippen LogP contribution in [0.3, 0.4) is 0 Å². The number of aliphatic imine (C=N–C) groups is 1. The van der Waals surface area contributed by atoms with Gasteiger partial charge in [-0.05, 0) is 64.1 Å². The van der Waals surface area contributed by atoms with Crippen molar-refractivity contribution in [1.29, 1.82) is 0 Å². The van der Waals surface area contributed by atoms with Crippen LogP contribution in [0.1, 0.15) is 101 Å². The van der Waals surface area contributed by atoms with Crippen LogP contribution in [-0.4, -0.2) is 92.8 Å². The number of rotatable bonds is 5. The first-order chi connectivity index (χ1) is 29.6. The zero-order chi connectivity index (χ0) is 48.1. The molecule has 0 atom stereocenters. The van der Waals surface area contributed by atoms with Gasteiger partial charge in [-0.15, -0.1) is 0 Å². The van der Waals surface area contributed by atoms with E-state index in [9.17, 15) is 28.8 Å². The van der Waals surface area contributed by atoms with Gasteiger partial charge in [0.15, 0.2) is 0 Å². The smallest absolute Gasteiger partial charge is 0.324 e. The van der Waals surface area contributed by atoms with Crippen molar-refractivity contribution >= 4 is 105 Å². The predicted octanol–water partition coefficient (Wildman–Crippen LogP) is 8.82. The van der Waals surface area contributed by atoms with Crippen LogP contribution in [0.5, 0.6) is 0 Å². The Kier molecular flexibility index (Phi) is 16.1. The SMILES string of the molecule is CC(C)(C)c1cc(C(=O)N2CCNC(=O)C2(C)C)c(N)[nH]1.CC(C)(C)c1cc(C(=O)N2CCNC(=O)C2(C)C)c(NC(=O)Nc2cccc(Cl)c2Cl)[nH]1.O=C=Nc1cccc(Cl)c1Cl. The summed E-state index contributed by atoms with van der Waals surface area (Å²) in [4.78, 5) is 85.7. The number of anilines is 3. The molecule has 20 heteroatoms. The van der Waals surface area contributed by atoms with Crippen LogP contribution in [-0.2, 0) is 25.2 Å². The molecule has 2 aliphatic heterocycles. The Morgan fingerprint density at radius 1 is 0.719 bits per heavy atom. The van der Waals surface area contributed by atoms with E-state index in [0.717, 1.165) is 11.4 Å². The highest BCUT2D eigenvalue weighted by Crippen LogP contribution is 2.34. The molecule has 2 aromatic heterocycles. The lowest BCUT2D eigenvalue weighted by Crippen LogP contribution is -2.63. The molecule has 64 heavy (non-hydrogen) atoms. The van der Waals surface area contributed by atoms with Crippen molar-refractivity contribution in [2.24, 2.45) is 4.99 Å². The minimum absolute atomic E-state index is 0.124. The van der Waals surface area contributed by atoms with Crippen LogP contribution in [0.2, 0.25) is 20.1 Å². The Balaban J connectivity index is 0.000000239. The molecule has 0 spiro atoms. The summed E-state index contributed by atoms with van der Waals surface area (Å²) in [6.07, 6.45) is 1.38. The number of urea groups is 1. The molecule has 6 rings (SSSR count). The molecule has 2 fully saturated rings. The molecule has 16 nitrogen and oxygen atoms in total. The summed E-state index contributed by atoms with van der Waals surface area (Å²) < 4.78 is 0. The highest BCUT2D eigenvalue weighted by atomic mass is 35.5. The summed E-state index contributed by atoms with van der Waals surface area (Å²) in [6.45, 7) is 20.6. The van der Waals surface area contributed by atoms with E-state index in [0.29, 0.717) is 59.0 Å². The number of amides is 6. The highest BCUT2D eigenvalue weighted by Gasteiger charge is 2.43. The molecule has 4 aromatic rings. The van der Waals surface area contributed by atoms with Crippen LogP contribution in [0, 0.1) is 0 Å². The fourth-order valence-corrected chi connectivity index (χ4v) is 7.16. The first-order valence-corrected chi connectivity index (χ1v) is 21.6. The number of hydrogen-bond acceptors (Lipinski definition) is 8. The van der Waals surface area contributed by atoms with Crippen molar-refractivity contribution in [1.82, 2.24) is 30.4 Å². The van der Waals surface area contributed by atoms with Crippen molar-refractivity contribution in [3.63, 3.8) is 0 Å². The lowest BCUT2D eigenvalue weighted by atomic mass is 9.92. The van der Waals surface area contributed by atoms with Gasteiger partial charge in [0.1, 0.15) is 22.7 Å². The molecule has 4 heterocycles. The number of carbonyl (C=O) groups excluding carboxylic acids is 6. The fourth-order valence-electron chi connectivity index (χ4n) is 6.47. The fraction of sp³-hybridized carbons (Fsp3) is 0.409. The summed E-state index contributed by atoms with van der Waals surface area (Å²) in [7, 11) is 0.